The zero-order valence-electron chi connectivity index (χ0n) is 36.4. The number of hydrogen-bond donors (Lipinski definition) is 0. The molecule has 310 valence electrons. The molecule has 6 heteroatoms. The fourth-order valence-electron chi connectivity index (χ4n) is 8.70. The lowest BCUT2D eigenvalue weighted by atomic mass is 9.91. The second kappa shape index (κ2) is 25.1. The first-order valence-corrected chi connectivity index (χ1v) is 26.6. The summed E-state index contributed by atoms with van der Waals surface area (Å²) in [5.41, 5.74) is 4.98. The zero-order chi connectivity index (χ0) is 39.5. The molecule has 5 aromatic rings. The van der Waals surface area contributed by atoms with Crippen molar-refractivity contribution in [2.75, 3.05) is 0 Å². The molecule has 0 N–H and O–H groups in total. The Balaban J connectivity index is 1.26. The molecule has 2 unspecified atom stereocenters. The van der Waals surface area contributed by atoms with Crippen LogP contribution in [-0.4, -0.2) is 9.97 Å². The number of unbranched alkanes of at least 4 members (excludes halogenated alkanes) is 16. The van der Waals surface area contributed by atoms with Crippen molar-refractivity contribution in [1.29, 1.82) is 0 Å². The number of aryl methyl sites for hydroxylation is 2. The van der Waals surface area contributed by atoms with Gasteiger partial charge in [0.25, 0.3) is 0 Å². The fraction of sp³-hybridized carbons (Fsp3) is 0.680. The number of benzene rings is 1. The van der Waals surface area contributed by atoms with Gasteiger partial charge in [-0.05, 0) is 73.9 Å². The minimum atomic E-state index is 0.818. The maximum Gasteiger partial charge on any atom is 0.134 e. The van der Waals surface area contributed by atoms with Gasteiger partial charge < -0.3 is 0 Å². The number of aromatic nitrogens is 2. The van der Waals surface area contributed by atoms with Crippen molar-refractivity contribution < 1.29 is 0 Å². The van der Waals surface area contributed by atoms with E-state index in [1.54, 1.807) is 9.75 Å². The first-order chi connectivity index (χ1) is 27.4. The van der Waals surface area contributed by atoms with Crippen molar-refractivity contribution in [1.82, 2.24) is 9.97 Å². The Morgan fingerprint density at radius 2 is 0.732 bits per heavy atom. The van der Waals surface area contributed by atoms with Gasteiger partial charge in [0.1, 0.15) is 10.0 Å². The molecule has 0 aliphatic rings. The molecule has 0 spiro atoms. The number of thiophene rings is 2. The van der Waals surface area contributed by atoms with Crippen LogP contribution in [0.15, 0.2) is 24.3 Å². The lowest BCUT2D eigenvalue weighted by Crippen LogP contribution is -2.04. The van der Waals surface area contributed by atoms with E-state index in [4.69, 9.17) is 9.97 Å². The molecule has 0 radical (unpaired) electrons. The SMILES string of the molecule is CCCCCCCCC(CCCCCC)Cc1ccc(-c2nc3c(C)c4sc(-c5ccc(CC(CCCCCC)CCCCCCCC)s5)nc4c(C)c3s2)s1. The van der Waals surface area contributed by atoms with Crippen molar-refractivity contribution in [2.45, 2.75) is 208 Å². The normalized spacial score (nSPS) is 13.1. The number of thiazole rings is 2. The average Bonchev–Trinajstić information content (AvgIpc) is 4.03. The van der Waals surface area contributed by atoms with Crippen LogP contribution >= 0.6 is 45.3 Å². The van der Waals surface area contributed by atoms with Crippen molar-refractivity contribution >= 4 is 65.8 Å². The van der Waals surface area contributed by atoms with Crippen LogP contribution in [0.4, 0.5) is 0 Å². The van der Waals surface area contributed by atoms with Crippen LogP contribution in [0.2, 0.25) is 0 Å². The first-order valence-electron chi connectivity index (χ1n) is 23.3. The van der Waals surface area contributed by atoms with E-state index in [0.717, 1.165) is 11.8 Å². The molecule has 0 aliphatic heterocycles. The van der Waals surface area contributed by atoms with Crippen LogP contribution in [0.3, 0.4) is 0 Å². The predicted octanol–water partition coefficient (Wildman–Crippen LogP) is 18.7. The van der Waals surface area contributed by atoms with Gasteiger partial charge in [-0.1, -0.05) is 182 Å². The van der Waals surface area contributed by atoms with Crippen LogP contribution < -0.4 is 0 Å². The van der Waals surface area contributed by atoms with E-state index in [2.05, 4.69) is 65.8 Å². The van der Waals surface area contributed by atoms with E-state index in [-0.39, 0.29) is 0 Å². The molecule has 4 aromatic heterocycles. The quantitative estimate of drug-likeness (QED) is 0.0431. The number of nitrogens with zero attached hydrogens (tertiary/aromatic N) is 2. The maximum atomic E-state index is 5.35. The summed E-state index contributed by atoms with van der Waals surface area (Å²) in [5, 5.41) is 2.37. The number of fused-ring (bicyclic) bond motifs is 2. The fourth-order valence-corrected chi connectivity index (χ4v) is 13.3. The van der Waals surface area contributed by atoms with E-state index >= 15 is 0 Å². The van der Waals surface area contributed by atoms with E-state index in [1.165, 1.54) is 218 Å². The summed E-state index contributed by atoms with van der Waals surface area (Å²) in [4.78, 5) is 16.5. The second-order valence-corrected chi connectivity index (χ2v) is 21.5. The largest absolute Gasteiger partial charge is 0.235 e. The summed E-state index contributed by atoms with van der Waals surface area (Å²) in [6.07, 6.45) is 35.7. The number of hydrogen-bond acceptors (Lipinski definition) is 6. The molecule has 0 bridgehead atoms. The van der Waals surface area contributed by atoms with Crippen LogP contribution in [0.25, 0.3) is 40.2 Å². The third kappa shape index (κ3) is 13.7. The van der Waals surface area contributed by atoms with Gasteiger partial charge >= 0.3 is 0 Å². The number of rotatable bonds is 30. The van der Waals surface area contributed by atoms with Gasteiger partial charge in [-0.2, -0.15) is 0 Å². The van der Waals surface area contributed by atoms with Crippen molar-refractivity contribution in [3.05, 3.63) is 45.1 Å². The smallest absolute Gasteiger partial charge is 0.134 e. The average molecular weight is 833 g/mol. The van der Waals surface area contributed by atoms with E-state index in [9.17, 15) is 0 Å². The second-order valence-electron chi connectivity index (χ2n) is 17.1. The predicted molar refractivity (Wildman–Crippen MR) is 257 cm³/mol. The topological polar surface area (TPSA) is 25.8 Å². The molecule has 2 atom stereocenters. The first kappa shape index (κ1) is 45.5. The highest BCUT2D eigenvalue weighted by molar-refractivity contribution is 7.27. The highest BCUT2D eigenvalue weighted by atomic mass is 32.1. The third-order valence-electron chi connectivity index (χ3n) is 12.2. The van der Waals surface area contributed by atoms with Gasteiger partial charge in [0.15, 0.2) is 0 Å². The molecule has 1 aromatic carbocycles. The molecule has 0 saturated heterocycles. The molecular weight excluding hydrogens is 757 g/mol. The standard InChI is InChI=1S/C50H76N2S4/c1-7-11-15-19-21-25-29-39(27-23-17-13-9-3)35-41-31-33-43(53-41)49-51-45-37(5)48-46(38(6)47(45)55-49)52-50(56-48)44-34-32-42(54-44)36-40(28-24-18-14-10-4)30-26-22-20-16-12-8-2/h31-34,39-40H,7-30,35-36H2,1-6H3. The van der Waals surface area contributed by atoms with Gasteiger partial charge in [0.2, 0.25) is 0 Å². The summed E-state index contributed by atoms with van der Waals surface area (Å²) >= 11 is 7.76. The summed E-state index contributed by atoms with van der Waals surface area (Å²) < 4.78 is 2.64. The summed E-state index contributed by atoms with van der Waals surface area (Å²) in [6.45, 7) is 13.8. The lowest BCUT2D eigenvalue weighted by molar-refractivity contribution is 0.404. The maximum absolute atomic E-state index is 5.35. The van der Waals surface area contributed by atoms with Crippen LogP contribution in [0, 0.1) is 25.7 Å². The Labute approximate surface area is 358 Å². The molecule has 0 amide bonds. The highest BCUT2D eigenvalue weighted by Crippen LogP contribution is 2.44. The molecular formula is C50H76N2S4. The summed E-state index contributed by atoms with van der Waals surface area (Å²) in [7, 11) is 0. The molecule has 0 saturated carbocycles. The zero-order valence-corrected chi connectivity index (χ0v) is 39.6. The minimum absolute atomic E-state index is 0.818. The van der Waals surface area contributed by atoms with Crippen LogP contribution in [0.1, 0.15) is 203 Å². The summed E-state index contributed by atoms with van der Waals surface area (Å²) in [5.74, 6) is 1.64. The molecule has 4 heterocycles. The molecule has 0 fully saturated rings. The Kier molecular flexibility index (Phi) is 20.4. The Bertz CT molecular complexity index is 1640. The van der Waals surface area contributed by atoms with Crippen LogP contribution in [-0.2, 0) is 12.8 Å². The Hall–Kier alpha value is -1.60. The molecule has 0 aliphatic carbocycles. The Morgan fingerprint density at radius 3 is 1.09 bits per heavy atom. The van der Waals surface area contributed by atoms with Crippen molar-refractivity contribution in [3.8, 4) is 19.8 Å². The Morgan fingerprint density at radius 1 is 0.411 bits per heavy atom. The van der Waals surface area contributed by atoms with Gasteiger partial charge in [-0.3, -0.25) is 0 Å². The third-order valence-corrected chi connectivity index (χ3v) is 17.1. The van der Waals surface area contributed by atoms with Crippen LogP contribution in [0.5, 0.6) is 0 Å². The molecule has 2 nitrogen and oxygen atoms in total. The van der Waals surface area contributed by atoms with Gasteiger partial charge in [-0.25, -0.2) is 9.97 Å². The van der Waals surface area contributed by atoms with E-state index in [1.807, 2.05) is 45.3 Å². The monoisotopic (exact) mass is 832 g/mol. The van der Waals surface area contributed by atoms with E-state index in [0.29, 0.717) is 0 Å². The van der Waals surface area contributed by atoms with Gasteiger partial charge in [0.05, 0.1) is 30.2 Å². The van der Waals surface area contributed by atoms with Gasteiger partial charge in [0, 0.05) is 9.75 Å². The van der Waals surface area contributed by atoms with Gasteiger partial charge in [-0.15, -0.1) is 45.3 Å². The van der Waals surface area contributed by atoms with Crippen molar-refractivity contribution in [2.24, 2.45) is 11.8 Å². The van der Waals surface area contributed by atoms with Crippen molar-refractivity contribution in [3.63, 3.8) is 0 Å². The highest BCUT2D eigenvalue weighted by Gasteiger charge is 2.21. The van der Waals surface area contributed by atoms with E-state index < -0.39 is 0 Å². The molecule has 5 rings (SSSR count). The lowest BCUT2D eigenvalue weighted by Gasteiger charge is -2.16. The minimum Gasteiger partial charge on any atom is -0.235 e. The molecule has 56 heavy (non-hydrogen) atoms. The summed E-state index contributed by atoms with van der Waals surface area (Å²) in [6, 6.07) is 9.55.